The molecule has 3 atom stereocenters. The largest absolute Gasteiger partial charge is 0.106 e. The smallest absolute Gasteiger partial charge is 0.0143 e. The van der Waals surface area contributed by atoms with E-state index in [4.69, 9.17) is 0 Å². The van der Waals surface area contributed by atoms with Crippen LogP contribution in [0.15, 0.2) is 48.6 Å². The fraction of sp³-hybridized carbons (Fsp3) is 0.692. The van der Waals surface area contributed by atoms with Crippen LogP contribution in [0.2, 0.25) is 0 Å². The maximum atomic E-state index is 3.00. The van der Waals surface area contributed by atoms with Crippen molar-refractivity contribution < 1.29 is 0 Å². The van der Waals surface area contributed by atoms with E-state index in [-0.39, 0.29) is 14.9 Å². The van der Waals surface area contributed by atoms with Gasteiger partial charge < -0.3 is 0 Å². The topological polar surface area (TPSA) is 0 Å². The van der Waals surface area contributed by atoms with Crippen molar-refractivity contribution in [2.24, 2.45) is 17.3 Å². The molecule has 3 aliphatic carbocycles. The molecular formula is C26H46. The highest BCUT2D eigenvalue weighted by Crippen LogP contribution is 2.58. The summed E-state index contributed by atoms with van der Waals surface area (Å²) in [5.41, 5.74) is 4.08. The molecule has 0 nitrogen and oxygen atoms in total. The minimum absolute atomic E-state index is 0. The Labute approximate surface area is 165 Å². The quantitative estimate of drug-likeness (QED) is 0.441. The lowest BCUT2D eigenvalue weighted by Crippen LogP contribution is -2.33. The highest BCUT2D eigenvalue weighted by Gasteiger charge is 2.48. The Morgan fingerprint density at radius 3 is 2.31 bits per heavy atom. The molecular weight excluding hydrogens is 312 g/mol. The van der Waals surface area contributed by atoms with Gasteiger partial charge in [0.15, 0.2) is 0 Å². The maximum Gasteiger partial charge on any atom is -0.0143 e. The molecule has 0 radical (unpaired) electrons. The molecule has 26 heavy (non-hydrogen) atoms. The molecule has 0 heteroatoms. The SMILES string of the molecule is C.C.C/C=C/CC1CCC2/C(=C/C=C3CCCCC3)CCCC12C.C=C. The Morgan fingerprint density at radius 2 is 1.65 bits per heavy atom. The van der Waals surface area contributed by atoms with Gasteiger partial charge in [0.05, 0.1) is 0 Å². The fourth-order valence-electron chi connectivity index (χ4n) is 5.43. The lowest BCUT2D eigenvalue weighted by atomic mass is 9.63. The zero-order valence-electron chi connectivity index (χ0n) is 16.2. The molecule has 150 valence electrons. The lowest BCUT2D eigenvalue weighted by molar-refractivity contribution is 0.137. The van der Waals surface area contributed by atoms with Gasteiger partial charge in [0.1, 0.15) is 0 Å². The van der Waals surface area contributed by atoms with Crippen LogP contribution in [-0.2, 0) is 0 Å². The number of fused-ring (bicyclic) bond motifs is 1. The van der Waals surface area contributed by atoms with Gasteiger partial charge in [0, 0.05) is 0 Å². The van der Waals surface area contributed by atoms with Gasteiger partial charge in [0.25, 0.3) is 0 Å². The summed E-state index contributed by atoms with van der Waals surface area (Å²) < 4.78 is 0. The molecule has 0 amide bonds. The Kier molecular flexibility index (Phi) is 11.9. The molecule has 3 fully saturated rings. The summed E-state index contributed by atoms with van der Waals surface area (Å²) in [5.74, 6) is 1.79. The molecule has 3 aliphatic rings. The third kappa shape index (κ3) is 5.73. The van der Waals surface area contributed by atoms with Crippen LogP contribution in [0.5, 0.6) is 0 Å². The van der Waals surface area contributed by atoms with Crippen molar-refractivity contribution in [3.05, 3.63) is 48.6 Å². The summed E-state index contributed by atoms with van der Waals surface area (Å²) in [7, 11) is 0. The van der Waals surface area contributed by atoms with Gasteiger partial charge in [0.2, 0.25) is 0 Å². The van der Waals surface area contributed by atoms with E-state index >= 15 is 0 Å². The highest BCUT2D eigenvalue weighted by molar-refractivity contribution is 5.25. The Balaban J connectivity index is 0.00000151. The zero-order chi connectivity index (χ0) is 17.4. The van der Waals surface area contributed by atoms with Gasteiger partial charge >= 0.3 is 0 Å². The van der Waals surface area contributed by atoms with Crippen molar-refractivity contribution in [1.82, 2.24) is 0 Å². The van der Waals surface area contributed by atoms with E-state index < -0.39 is 0 Å². The first kappa shape index (κ1) is 25.0. The molecule has 0 aromatic rings. The molecule has 0 aromatic carbocycles. The molecule has 0 aliphatic heterocycles. The van der Waals surface area contributed by atoms with Crippen molar-refractivity contribution in [3.8, 4) is 0 Å². The van der Waals surface area contributed by atoms with Gasteiger partial charge in [-0.05, 0) is 88.4 Å². The van der Waals surface area contributed by atoms with E-state index in [2.05, 4.69) is 51.3 Å². The normalized spacial score (nSPS) is 32.1. The molecule has 3 unspecified atom stereocenters. The molecule has 0 heterocycles. The summed E-state index contributed by atoms with van der Waals surface area (Å²) in [6.07, 6.45) is 25.1. The fourth-order valence-corrected chi connectivity index (χ4v) is 5.43. The number of rotatable bonds is 3. The summed E-state index contributed by atoms with van der Waals surface area (Å²) in [4.78, 5) is 0. The van der Waals surface area contributed by atoms with E-state index in [1.165, 1.54) is 70.6 Å². The van der Waals surface area contributed by atoms with Gasteiger partial charge in [-0.2, -0.15) is 0 Å². The van der Waals surface area contributed by atoms with Crippen LogP contribution in [0.4, 0.5) is 0 Å². The standard InChI is InChI=1S/C22H34.C2H4.2CH4/c1-3-4-12-20-15-16-21-19(11-8-17-22(20,21)2)14-13-18-9-6-5-7-10-18;1-2;;/h3-4,13-14,20-21H,5-12,15-17H2,1-2H3;1-2H2;2*1H4/b4-3+,19-14+;;;. The Morgan fingerprint density at radius 1 is 0.962 bits per heavy atom. The number of hydrogen-bond acceptors (Lipinski definition) is 0. The maximum absolute atomic E-state index is 3.00. The van der Waals surface area contributed by atoms with Crippen LogP contribution in [0, 0.1) is 17.3 Å². The van der Waals surface area contributed by atoms with Crippen molar-refractivity contribution in [3.63, 3.8) is 0 Å². The third-order valence-electron chi connectivity index (χ3n) is 6.85. The number of allylic oxidation sites excluding steroid dienone is 6. The van der Waals surface area contributed by atoms with Crippen molar-refractivity contribution in [2.45, 2.75) is 99.3 Å². The number of hydrogen-bond donors (Lipinski definition) is 0. The second-order valence-electron chi connectivity index (χ2n) is 8.12. The highest BCUT2D eigenvalue weighted by atomic mass is 14.5. The van der Waals surface area contributed by atoms with Crippen molar-refractivity contribution >= 4 is 0 Å². The van der Waals surface area contributed by atoms with E-state index in [1.54, 1.807) is 11.1 Å². The Bertz CT molecular complexity index is 470. The van der Waals surface area contributed by atoms with Crippen molar-refractivity contribution in [2.75, 3.05) is 0 Å². The minimum Gasteiger partial charge on any atom is -0.106 e. The molecule has 0 saturated heterocycles. The predicted molar refractivity (Wildman–Crippen MR) is 122 cm³/mol. The zero-order valence-corrected chi connectivity index (χ0v) is 16.2. The summed E-state index contributed by atoms with van der Waals surface area (Å²) in [6.45, 7) is 10.8. The molecule has 0 spiro atoms. The molecule has 0 N–H and O–H groups in total. The van der Waals surface area contributed by atoms with Crippen molar-refractivity contribution in [1.29, 1.82) is 0 Å². The van der Waals surface area contributed by atoms with Crippen LogP contribution in [0.3, 0.4) is 0 Å². The summed E-state index contributed by atoms with van der Waals surface area (Å²) >= 11 is 0. The van der Waals surface area contributed by atoms with Gasteiger partial charge in [-0.3, -0.25) is 0 Å². The van der Waals surface area contributed by atoms with Gasteiger partial charge in [-0.15, -0.1) is 13.2 Å². The Hall–Kier alpha value is -1.04. The van der Waals surface area contributed by atoms with Crippen LogP contribution in [-0.4, -0.2) is 0 Å². The van der Waals surface area contributed by atoms with E-state index in [0.717, 1.165) is 11.8 Å². The second kappa shape index (κ2) is 12.4. The van der Waals surface area contributed by atoms with E-state index in [9.17, 15) is 0 Å². The molecule has 3 saturated carbocycles. The first-order valence-corrected chi connectivity index (χ1v) is 10.2. The van der Waals surface area contributed by atoms with E-state index in [1.807, 2.05) is 0 Å². The molecule has 3 rings (SSSR count). The summed E-state index contributed by atoms with van der Waals surface area (Å²) in [5, 5.41) is 0. The predicted octanol–water partition coefficient (Wildman–Crippen LogP) is 9.06. The first-order valence-electron chi connectivity index (χ1n) is 10.2. The second-order valence-corrected chi connectivity index (χ2v) is 8.12. The van der Waals surface area contributed by atoms with Crippen LogP contribution < -0.4 is 0 Å². The van der Waals surface area contributed by atoms with Gasteiger partial charge in [-0.1, -0.05) is 63.6 Å². The summed E-state index contributed by atoms with van der Waals surface area (Å²) in [6, 6.07) is 0. The van der Waals surface area contributed by atoms with E-state index in [0.29, 0.717) is 5.41 Å². The lowest BCUT2D eigenvalue weighted by Gasteiger charge is -2.42. The van der Waals surface area contributed by atoms with Crippen LogP contribution >= 0.6 is 0 Å². The monoisotopic (exact) mass is 358 g/mol. The van der Waals surface area contributed by atoms with Crippen LogP contribution in [0.25, 0.3) is 0 Å². The van der Waals surface area contributed by atoms with Crippen LogP contribution in [0.1, 0.15) is 99.3 Å². The molecule has 0 aromatic heterocycles. The minimum atomic E-state index is 0. The first-order chi connectivity index (χ1) is 11.7. The average Bonchev–Trinajstić information content (AvgIpc) is 2.97. The van der Waals surface area contributed by atoms with Gasteiger partial charge in [-0.25, -0.2) is 0 Å². The molecule has 0 bridgehead atoms. The third-order valence-corrected chi connectivity index (χ3v) is 6.85. The average molecular weight is 359 g/mol.